The maximum Gasteiger partial charge on any atom is 0.227 e. The van der Waals surface area contributed by atoms with Crippen LogP contribution in [0, 0.1) is 5.92 Å². The first-order valence-corrected chi connectivity index (χ1v) is 9.21. The molecule has 0 radical (unpaired) electrons. The van der Waals surface area contributed by atoms with Crippen LogP contribution >= 0.6 is 0 Å². The molecule has 1 unspecified atom stereocenters. The van der Waals surface area contributed by atoms with Crippen LogP contribution in [0.4, 0.5) is 0 Å². The van der Waals surface area contributed by atoms with E-state index in [-0.39, 0.29) is 11.8 Å². The van der Waals surface area contributed by atoms with E-state index in [9.17, 15) is 4.79 Å². The van der Waals surface area contributed by atoms with Crippen LogP contribution in [0.2, 0.25) is 0 Å². The molecule has 2 saturated heterocycles. The Labute approximate surface area is 145 Å². The van der Waals surface area contributed by atoms with Gasteiger partial charge in [0, 0.05) is 25.8 Å². The number of hydrogen-bond acceptors (Lipinski definition) is 4. The zero-order chi connectivity index (χ0) is 16.9. The summed E-state index contributed by atoms with van der Waals surface area (Å²) < 4.78 is 0. The van der Waals surface area contributed by atoms with Crippen LogP contribution in [0.5, 0.6) is 0 Å². The van der Waals surface area contributed by atoms with Crippen molar-refractivity contribution >= 4 is 5.91 Å². The zero-order valence-electron chi connectivity index (χ0n) is 15.0. The van der Waals surface area contributed by atoms with Gasteiger partial charge in [0.1, 0.15) is 0 Å². The predicted molar refractivity (Wildman–Crippen MR) is 95.5 cm³/mol. The molecule has 3 heterocycles. The number of amides is 1. The van der Waals surface area contributed by atoms with Gasteiger partial charge in [0.2, 0.25) is 5.91 Å². The first-order valence-electron chi connectivity index (χ1n) is 9.21. The normalized spacial score (nSPS) is 24.0. The lowest BCUT2D eigenvalue weighted by Crippen LogP contribution is -2.50. The molecule has 5 nitrogen and oxygen atoms in total. The fraction of sp³-hybridized carbons (Fsp3) is 0.684. The second-order valence-electron chi connectivity index (χ2n) is 7.38. The van der Waals surface area contributed by atoms with Crippen molar-refractivity contribution in [3.8, 4) is 0 Å². The zero-order valence-corrected chi connectivity index (χ0v) is 15.0. The number of rotatable bonds is 4. The van der Waals surface area contributed by atoms with Crippen LogP contribution in [0.25, 0.3) is 0 Å². The van der Waals surface area contributed by atoms with Crippen LogP contribution in [0.15, 0.2) is 24.4 Å². The van der Waals surface area contributed by atoms with Crippen LogP contribution < -0.4 is 0 Å². The lowest BCUT2D eigenvalue weighted by atomic mass is 9.93. The molecule has 5 heteroatoms. The molecular formula is C19H30N4O. The summed E-state index contributed by atoms with van der Waals surface area (Å²) in [6.45, 7) is 5.05. The molecule has 1 atom stereocenters. The highest BCUT2D eigenvalue weighted by atomic mass is 16.2. The first kappa shape index (κ1) is 17.4. The molecule has 1 aromatic rings. The molecule has 0 aromatic carbocycles. The average molecular weight is 330 g/mol. The number of likely N-dealkylation sites (tertiary alicyclic amines) is 2. The van der Waals surface area contributed by atoms with Gasteiger partial charge in [0.25, 0.3) is 0 Å². The molecule has 0 bridgehead atoms. The van der Waals surface area contributed by atoms with Crippen molar-refractivity contribution in [3.63, 3.8) is 0 Å². The standard InChI is InChI=1S/C19H30N4O/c1-21-12-8-18(9-13-21)23-11-5-6-16(14-23)19(24)22(2)15-17-7-3-4-10-20-17/h3-4,7,10,16,18H,5-6,8-9,11-15H2,1-2H3. The highest BCUT2D eigenvalue weighted by Crippen LogP contribution is 2.24. The van der Waals surface area contributed by atoms with Crippen molar-refractivity contribution in [2.45, 2.75) is 38.3 Å². The molecule has 0 spiro atoms. The topological polar surface area (TPSA) is 39.7 Å². The number of piperidine rings is 2. The SMILES string of the molecule is CN1CCC(N2CCCC(C(=O)N(C)Cc3ccccn3)C2)CC1. The van der Waals surface area contributed by atoms with Crippen molar-refractivity contribution < 1.29 is 4.79 Å². The molecule has 1 amide bonds. The van der Waals surface area contributed by atoms with Gasteiger partial charge in [-0.25, -0.2) is 0 Å². The Bertz CT molecular complexity index is 527. The summed E-state index contributed by atoms with van der Waals surface area (Å²) in [5, 5.41) is 0. The Morgan fingerprint density at radius 3 is 2.75 bits per heavy atom. The minimum absolute atomic E-state index is 0.145. The number of carbonyl (C=O) groups excluding carboxylic acids is 1. The fourth-order valence-electron chi connectivity index (χ4n) is 4.02. The van der Waals surface area contributed by atoms with Crippen molar-refractivity contribution in [1.82, 2.24) is 19.7 Å². The lowest BCUT2D eigenvalue weighted by Gasteiger charge is -2.41. The number of aromatic nitrogens is 1. The van der Waals surface area contributed by atoms with Crippen molar-refractivity contribution in [1.29, 1.82) is 0 Å². The van der Waals surface area contributed by atoms with Gasteiger partial charge in [-0.2, -0.15) is 0 Å². The Morgan fingerprint density at radius 1 is 1.25 bits per heavy atom. The molecule has 3 rings (SSSR count). The largest absolute Gasteiger partial charge is 0.340 e. The van der Waals surface area contributed by atoms with Gasteiger partial charge >= 0.3 is 0 Å². The number of nitrogens with zero attached hydrogens (tertiary/aromatic N) is 4. The van der Waals surface area contributed by atoms with E-state index in [0.717, 1.165) is 31.6 Å². The monoisotopic (exact) mass is 330 g/mol. The summed E-state index contributed by atoms with van der Waals surface area (Å²) in [5.74, 6) is 0.422. The van der Waals surface area contributed by atoms with Gasteiger partial charge in [-0.1, -0.05) is 6.07 Å². The second kappa shape index (κ2) is 8.08. The predicted octanol–water partition coefficient (Wildman–Crippen LogP) is 1.85. The van der Waals surface area contributed by atoms with Crippen molar-refractivity contribution in [2.24, 2.45) is 5.92 Å². The van der Waals surface area contributed by atoms with E-state index in [4.69, 9.17) is 0 Å². The van der Waals surface area contributed by atoms with E-state index in [1.807, 2.05) is 30.1 Å². The Morgan fingerprint density at radius 2 is 2.04 bits per heavy atom. The van der Waals surface area contributed by atoms with Gasteiger partial charge in [0.15, 0.2) is 0 Å². The molecule has 2 fully saturated rings. The van der Waals surface area contributed by atoms with E-state index in [2.05, 4.69) is 21.8 Å². The first-order chi connectivity index (χ1) is 11.6. The smallest absolute Gasteiger partial charge is 0.227 e. The number of hydrogen-bond donors (Lipinski definition) is 0. The Kier molecular flexibility index (Phi) is 5.85. The van der Waals surface area contributed by atoms with E-state index in [0.29, 0.717) is 12.6 Å². The minimum atomic E-state index is 0.145. The van der Waals surface area contributed by atoms with Crippen molar-refractivity contribution in [3.05, 3.63) is 30.1 Å². The quantitative estimate of drug-likeness (QED) is 0.845. The molecule has 2 aliphatic rings. The molecule has 24 heavy (non-hydrogen) atoms. The molecule has 1 aromatic heterocycles. The van der Waals surface area contributed by atoms with Gasteiger partial charge in [-0.15, -0.1) is 0 Å². The fourth-order valence-corrected chi connectivity index (χ4v) is 4.02. The Hall–Kier alpha value is -1.46. The summed E-state index contributed by atoms with van der Waals surface area (Å²) in [5.41, 5.74) is 0.955. The third-order valence-electron chi connectivity index (χ3n) is 5.51. The maximum absolute atomic E-state index is 12.8. The summed E-state index contributed by atoms with van der Waals surface area (Å²) in [7, 11) is 4.11. The van der Waals surface area contributed by atoms with Gasteiger partial charge < -0.3 is 9.80 Å². The third kappa shape index (κ3) is 4.33. The van der Waals surface area contributed by atoms with Gasteiger partial charge in [-0.05, 0) is 64.5 Å². The van der Waals surface area contributed by atoms with Crippen molar-refractivity contribution in [2.75, 3.05) is 40.3 Å². The summed E-state index contributed by atoms with van der Waals surface area (Å²) in [4.78, 5) is 24.0. The Balaban J connectivity index is 1.54. The van der Waals surface area contributed by atoms with Gasteiger partial charge in [0.05, 0.1) is 18.2 Å². The maximum atomic E-state index is 12.8. The molecule has 0 aliphatic carbocycles. The highest BCUT2D eigenvalue weighted by molar-refractivity contribution is 5.78. The second-order valence-corrected chi connectivity index (χ2v) is 7.38. The minimum Gasteiger partial charge on any atom is -0.340 e. The average Bonchev–Trinajstić information content (AvgIpc) is 2.62. The number of carbonyl (C=O) groups is 1. The molecule has 0 N–H and O–H groups in total. The van der Waals surface area contributed by atoms with Gasteiger partial charge in [-0.3, -0.25) is 14.7 Å². The molecule has 2 aliphatic heterocycles. The van der Waals surface area contributed by atoms with E-state index >= 15 is 0 Å². The molecule has 132 valence electrons. The summed E-state index contributed by atoms with van der Waals surface area (Å²) in [6, 6.07) is 6.53. The van der Waals surface area contributed by atoms with E-state index < -0.39 is 0 Å². The number of pyridine rings is 1. The van der Waals surface area contributed by atoms with Crippen LogP contribution in [0.3, 0.4) is 0 Å². The molecular weight excluding hydrogens is 300 g/mol. The van der Waals surface area contributed by atoms with Crippen LogP contribution in [0.1, 0.15) is 31.4 Å². The summed E-state index contributed by atoms with van der Waals surface area (Å²) >= 11 is 0. The highest BCUT2D eigenvalue weighted by Gasteiger charge is 2.32. The lowest BCUT2D eigenvalue weighted by molar-refractivity contribution is -0.137. The van der Waals surface area contributed by atoms with E-state index in [1.165, 1.54) is 25.9 Å². The van der Waals surface area contributed by atoms with Crippen LogP contribution in [-0.4, -0.2) is 71.9 Å². The third-order valence-corrected chi connectivity index (χ3v) is 5.51. The van der Waals surface area contributed by atoms with Crippen LogP contribution in [-0.2, 0) is 11.3 Å². The van der Waals surface area contributed by atoms with E-state index in [1.54, 1.807) is 6.20 Å². The molecule has 0 saturated carbocycles. The summed E-state index contributed by atoms with van der Waals surface area (Å²) in [6.07, 6.45) is 6.42.